The second-order valence-electron chi connectivity index (χ2n) is 7.37. The smallest absolute Gasteiger partial charge is 0.416 e. The van der Waals surface area contributed by atoms with E-state index in [9.17, 15) is 18.3 Å². The van der Waals surface area contributed by atoms with Crippen molar-refractivity contribution in [2.75, 3.05) is 11.4 Å². The lowest BCUT2D eigenvalue weighted by atomic mass is 9.85. The van der Waals surface area contributed by atoms with Crippen LogP contribution in [0.15, 0.2) is 18.2 Å². The lowest BCUT2D eigenvalue weighted by Gasteiger charge is -2.31. The Balaban J connectivity index is 1.63. The van der Waals surface area contributed by atoms with Crippen LogP contribution in [0.5, 0.6) is 5.75 Å². The summed E-state index contributed by atoms with van der Waals surface area (Å²) in [6, 6.07) is 3.29. The summed E-state index contributed by atoms with van der Waals surface area (Å²) in [4.78, 5) is 6.76. The van der Waals surface area contributed by atoms with Gasteiger partial charge in [0.05, 0.1) is 11.3 Å². The average molecular weight is 378 g/mol. The van der Waals surface area contributed by atoms with Crippen LogP contribution in [-0.4, -0.2) is 32.9 Å². The molecule has 1 aromatic carbocycles. The molecule has 1 aromatic heterocycles. The van der Waals surface area contributed by atoms with Gasteiger partial charge < -0.3 is 10.0 Å². The van der Waals surface area contributed by atoms with E-state index in [1.165, 1.54) is 25.3 Å². The van der Waals surface area contributed by atoms with Gasteiger partial charge in [-0.2, -0.15) is 13.2 Å². The third kappa shape index (κ3) is 3.33. The van der Waals surface area contributed by atoms with Gasteiger partial charge in [0.2, 0.25) is 5.95 Å². The first-order valence-electron chi connectivity index (χ1n) is 9.23. The van der Waals surface area contributed by atoms with Crippen LogP contribution in [0, 0.1) is 12.8 Å². The standard InChI is InChI=1S/C19H21F3N4O/c1-11-17(14-7-6-13(10-16(14)27)19(20,21)22)24-25-18(23-11)26-9-8-12-4-2-3-5-15(12)26/h6-7,10,12,15,27H,2-5,8-9H2,1H3. The predicted octanol–water partition coefficient (Wildman–Crippen LogP) is 4.34. The number of aromatic hydroxyl groups is 1. The summed E-state index contributed by atoms with van der Waals surface area (Å²) in [6.07, 6.45) is 1.49. The molecule has 0 spiro atoms. The summed E-state index contributed by atoms with van der Waals surface area (Å²) in [5, 5.41) is 18.5. The number of aryl methyl sites for hydroxylation is 1. The van der Waals surface area contributed by atoms with Gasteiger partial charge in [-0.1, -0.05) is 12.8 Å². The minimum absolute atomic E-state index is 0.198. The fourth-order valence-corrected chi connectivity index (χ4v) is 4.33. The van der Waals surface area contributed by atoms with E-state index < -0.39 is 17.5 Å². The molecule has 2 heterocycles. The number of aromatic nitrogens is 3. The summed E-state index contributed by atoms with van der Waals surface area (Å²) in [7, 11) is 0. The number of alkyl halides is 3. The van der Waals surface area contributed by atoms with Crippen LogP contribution in [0.2, 0.25) is 0 Å². The molecule has 1 N–H and O–H groups in total. The molecule has 1 saturated heterocycles. The zero-order valence-corrected chi connectivity index (χ0v) is 15.0. The zero-order chi connectivity index (χ0) is 19.2. The Morgan fingerprint density at radius 1 is 1.11 bits per heavy atom. The van der Waals surface area contributed by atoms with Crippen LogP contribution >= 0.6 is 0 Å². The van der Waals surface area contributed by atoms with Gasteiger partial charge in [0.15, 0.2) is 0 Å². The number of fused-ring (bicyclic) bond motifs is 1. The van der Waals surface area contributed by atoms with Gasteiger partial charge in [-0.15, -0.1) is 10.2 Å². The first-order valence-corrected chi connectivity index (χ1v) is 9.23. The molecule has 144 valence electrons. The lowest BCUT2D eigenvalue weighted by molar-refractivity contribution is -0.137. The molecule has 1 aliphatic heterocycles. The van der Waals surface area contributed by atoms with Crippen molar-refractivity contribution >= 4 is 5.95 Å². The van der Waals surface area contributed by atoms with E-state index >= 15 is 0 Å². The largest absolute Gasteiger partial charge is 0.507 e. The third-order valence-corrected chi connectivity index (χ3v) is 5.70. The molecule has 8 heteroatoms. The lowest BCUT2D eigenvalue weighted by Crippen LogP contribution is -2.36. The Kier molecular flexibility index (Phi) is 4.44. The van der Waals surface area contributed by atoms with E-state index in [2.05, 4.69) is 20.1 Å². The molecule has 2 aliphatic rings. The molecule has 2 fully saturated rings. The van der Waals surface area contributed by atoms with E-state index in [4.69, 9.17) is 0 Å². The third-order valence-electron chi connectivity index (χ3n) is 5.70. The summed E-state index contributed by atoms with van der Waals surface area (Å²) in [5.41, 5.74) is 0.127. The van der Waals surface area contributed by atoms with Crippen LogP contribution < -0.4 is 4.90 Å². The maximum absolute atomic E-state index is 12.8. The van der Waals surface area contributed by atoms with Gasteiger partial charge >= 0.3 is 6.18 Å². The molecular formula is C19H21F3N4O. The van der Waals surface area contributed by atoms with E-state index in [0.717, 1.165) is 25.5 Å². The van der Waals surface area contributed by atoms with Gasteiger partial charge in [0.25, 0.3) is 0 Å². The van der Waals surface area contributed by atoms with Crippen molar-refractivity contribution in [2.45, 2.75) is 51.2 Å². The fourth-order valence-electron chi connectivity index (χ4n) is 4.33. The average Bonchev–Trinajstić information content (AvgIpc) is 3.05. The van der Waals surface area contributed by atoms with Crippen LogP contribution in [0.3, 0.4) is 0 Å². The van der Waals surface area contributed by atoms with E-state index in [1.807, 2.05) is 0 Å². The maximum Gasteiger partial charge on any atom is 0.416 e. The molecule has 27 heavy (non-hydrogen) atoms. The van der Waals surface area contributed by atoms with Crippen molar-refractivity contribution in [1.29, 1.82) is 0 Å². The van der Waals surface area contributed by atoms with Crippen molar-refractivity contribution in [3.05, 3.63) is 29.5 Å². The first-order chi connectivity index (χ1) is 12.8. The highest BCUT2D eigenvalue weighted by molar-refractivity contribution is 5.69. The van der Waals surface area contributed by atoms with E-state index in [-0.39, 0.29) is 5.56 Å². The molecule has 2 atom stereocenters. The molecule has 2 aromatic rings. The number of hydrogen-bond donors (Lipinski definition) is 1. The van der Waals surface area contributed by atoms with Crippen LogP contribution in [-0.2, 0) is 6.18 Å². The molecular weight excluding hydrogens is 357 g/mol. The number of rotatable bonds is 2. The van der Waals surface area contributed by atoms with Crippen molar-refractivity contribution in [2.24, 2.45) is 5.92 Å². The predicted molar refractivity (Wildman–Crippen MR) is 94.4 cm³/mol. The highest BCUT2D eigenvalue weighted by Crippen LogP contribution is 2.39. The number of phenolic OH excluding ortho intramolecular Hbond substituents is 1. The Labute approximate surface area is 155 Å². The van der Waals surface area contributed by atoms with Crippen molar-refractivity contribution < 1.29 is 18.3 Å². The number of halogens is 3. The maximum atomic E-state index is 12.8. The van der Waals surface area contributed by atoms with Crippen LogP contribution in [0.25, 0.3) is 11.3 Å². The number of phenols is 1. The Bertz CT molecular complexity index is 855. The molecule has 1 saturated carbocycles. The van der Waals surface area contributed by atoms with Crippen LogP contribution in [0.1, 0.15) is 43.4 Å². The molecule has 4 rings (SSSR count). The minimum atomic E-state index is -4.51. The van der Waals surface area contributed by atoms with Gasteiger partial charge in [0, 0.05) is 18.2 Å². The van der Waals surface area contributed by atoms with Crippen LogP contribution in [0.4, 0.5) is 19.1 Å². The molecule has 0 radical (unpaired) electrons. The first kappa shape index (κ1) is 18.0. The fraction of sp³-hybridized carbons (Fsp3) is 0.526. The quantitative estimate of drug-likeness (QED) is 0.842. The van der Waals surface area contributed by atoms with Gasteiger partial charge in [-0.3, -0.25) is 0 Å². The van der Waals surface area contributed by atoms with Gasteiger partial charge in [-0.05, 0) is 50.3 Å². The molecule has 5 nitrogen and oxygen atoms in total. The normalized spacial score (nSPS) is 22.7. The summed E-state index contributed by atoms with van der Waals surface area (Å²) in [6.45, 7) is 2.64. The number of hydrogen-bond acceptors (Lipinski definition) is 5. The number of anilines is 1. The SMILES string of the molecule is Cc1nc(N2CCC3CCCCC32)nnc1-c1ccc(C(F)(F)F)cc1O. The monoisotopic (exact) mass is 378 g/mol. The molecule has 0 bridgehead atoms. The Hall–Kier alpha value is -2.38. The highest BCUT2D eigenvalue weighted by atomic mass is 19.4. The number of nitrogens with zero attached hydrogens (tertiary/aromatic N) is 4. The summed E-state index contributed by atoms with van der Waals surface area (Å²) >= 11 is 0. The van der Waals surface area contributed by atoms with E-state index in [0.29, 0.717) is 35.4 Å². The zero-order valence-electron chi connectivity index (χ0n) is 15.0. The minimum Gasteiger partial charge on any atom is -0.507 e. The highest BCUT2D eigenvalue weighted by Gasteiger charge is 2.37. The van der Waals surface area contributed by atoms with Crippen molar-refractivity contribution in [1.82, 2.24) is 15.2 Å². The van der Waals surface area contributed by atoms with Crippen molar-refractivity contribution in [3.8, 4) is 17.0 Å². The van der Waals surface area contributed by atoms with Gasteiger partial charge in [-0.25, -0.2) is 4.98 Å². The second-order valence-corrected chi connectivity index (χ2v) is 7.37. The van der Waals surface area contributed by atoms with Gasteiger partial charge in [0.1, 0.15) is 11.4 Å². The summed E-state index contributed by atoms with van der Waals surface area (Å²) in [5.74, 6) is 0.767. The summed E-state index contributed by atoms with van der Waals surface area (Å²) < 4.78 is 38.4. The van der Waals surface area contributed by atoms with E-state index in [1.54, 1.807) is 6.92 Å². The molecule has 1 aliphatic carbocycles. The molecule has 0 amide bonds. The molecule has 2 unspecified atom stereocenters. The number of benzene rings is 1. The van der Waals surface area contributed by atoms with Crippen molar-refractivity contribution in [3.63, 3.8) is 0 Å². The Morgan fingerprint density at radius 2 is 1.89 bits per heavy atom. The topological polar surface area (TPSA) is 62.1 Å². The second kappa shape index (κ2) is 6.65. The Morgan fingerprint density at radius 3 is 2.59 bits per heavy atom.